The summed E-state index contributed by atoms with van der Waals surface area (Å²) in [4.78, 5) is 26.7. The van der Waals surface area contributed by atoms with E-state index in [0.29, 0.717) is 17.1 Å². The zero-order valence-electron chi connectivity index (χ0n) is 14.5. The fourth-order valence-corrected chi connectivity index (χ4v) is 3.07. The van der Waals surface area contributed by atoms with Crippen LogP contribution >= 0.6 is 11.6 Å². The standard InChI is InChI=1S/C20H20ClNO3/c1-20(2,3)25-19(24)22-17-7-5-4-6-15(17)16(18(22)23)12-13-8-10-14(21)11-9-13/h4-11,16H,12H2,1-3H3. The minimum absolute atomic E-state index is 0.259. The maximum Gasteiger partial charge on any atom is 0.421 e. The molecule has 1 aliphatic heterocycles. The van der Waals surface area contributed by atoms with E-state index in [-0.39, 0.29) is 5.91 Å². The van der Waals surface area contributed by atoms with Crippen molar-refractivity contribution < 1.29 is 14.3 Å². The van der Waals surface area contributed by atoms with Crippen molar-refractivity contribution in [2.75, 3.05) is 4.90 Å². The molecule has 2 aromatic rings. The Hall–Kier alpha value is -2.33. The number of halogens is 1. The third kappa shape index (κ3) is 3.69. The number of hydrogen-bond acceptors (Lipinski definition) is 3. The number of para-hydroxylation sites is 1. The van der Waals surface area contributed by atoms with Crippen molar-refractivity contribution in [3.8, 4) is 0 Å². The number of rotatable bonds is 2. The van der Waals surface area contributed by atoms with Crippen LogP contribution in [0.2, 0.25) is 5.02 Å². The highest BCUT2D eigenvalue weighted by Crippen LogP contribution is 2.39. The van der Waals surface area contributed by atoms with Crippen molar-refractivity contribution in [1.29, 1.82) is 0 Å². The minimum Gasteiger partial charge on any atom is -0.443 e. The van der Waals surface area contributed by atoms with Crippen LogP contribution < -0.4 is 4.90 Å². The first-order valence-corrected chi connectivity index (χ1v) is 8.54. The van der Waals surface area contributed by atoms with Crippen LogP contribution in [0.5, 0.6) is 0 Å². The molecule has 130 valence electrons. The van der Waals surface area contributed by atoms with Gasteiger partial charge in [-0.1, -0.05) is 41.9 Å². The average Bonchev–Trinajstić information content (AvgIpc) is 2.80. The molecule has 0 fully saturated rings. The summed E-state index contributed by atoms with van der Waals surface area (Å²) >= 11 is 5.93. The first kappa shape index (κ1) is 17.5. The van der Waals surface area contributed by atoms with Gasteiger partial charge in [-0.3, -0.25) is 4.79 Å². The van der Waals surface area contributed by atoms with Crippen LogP contribution in [-0.2, 0) is 16.0 Å². The Morgan fingerprint density at radius 1 is 1.12 bits per heavy atom. The SMILES string of the molecule is CC(C)(C)OC(=O)N1C(=O)C(Cc2ccc(Cl)cc2)c2ccccc21. The summed E-state index contributed by atoms with van der Waals surface area (Å²) < 4.78 is 5.41. The number of amides is 2. The Morgan fingerprint density at radius 2 is 1.76 bits per heavy atom. The summed E-state index contributed by atoms with van der Waals surface area (Å²) in [5.74, 6) is -0.671. The largest absolute Gasteiger partial charge is 0.443 e. The summed E-state index contributed by atoms with van der Waals surface area (Å²) in [6.07, 6.45) is -0.129. The van der Waals surface area contributed by atoms with Crippen LogP contribution in [0.15, 0.2) is 48.5 Å². The lowest BCUT2D eigenvalue weighted by molar-refractivity contribution is -0.119. The van der Waals surface area contributed by atoms with E-state index < -0.39 is 17.6 Å². The molecule has 0 aromatic heterocycles. The molecule has 0 aliphatic carbocycles. The molecule has 1 unspecified atom stereocenters. The fraction of sp³-hybridized carbons (Fsp3) is 0.300. The van der Waals surface area contributed by atoms with Gasteiger partial charge in [-0.15, -0.1) is 0 Å². The Bertz CT molecular complexity index is 808. The van der Waals surface area contributed by atoms with E-state index >= 15 is 0 Å². The van der Waals surface area contributed by atoms with Crippen molar-refractivity contribution in [2.45, 2.75) is 38.7 Å². The topological polar surface area (TPSA) is 46.6 Å². The van der Waals surface area contributed by atoms with E-state index in [1.165, 1.54) is 0 Å². The quantitative estimate of drug-likeness (QED) is 0.764. The first-order valence-electron chi connectivity index (χ1n) is 8.16. The van der Waals surface area contributed by atoms with Crippen LogP contribution in [-0.4, -0.2) is 17.6 Å². The van der Waals surface area contributed by atoms with E-state index in [9.17, 15) is 9.59 Å². The first-order chi connectivity index (χ1) is 11.8. The van der Waals surface area contributed by atoms with Crippen LogP contribution in [0, 0.1) is 0 Å². The number of fused-ring (bicyclic) bond motifs is 1. The second-order valence-electron chi connectivity index (χ2n) is 7.10. The molecule has 0 bridgehead atoms. The summed E-state index contributed by atoms with van der Waals surface area (Å²) in [5, 5.41) is 0.650. The summed E-state index contributed by atoms with van der Waals surface area (Å²) in [6, 6.07) is 14.7. The molecule has 1 atom stereocenters. The second kappa shape index (κ2) is 6.52. The molecule has 5 heteroatoms. The van der Waals surface area contributed by atoms with Gasteiger partial charge in [-0.05, 0) is 56.5 Å². The van der Waals surface area contributed by atoms with E-state index in [0.717, 1.165) is 16.0 Å². The fourth-order valence-electron chi connectivity index (χ4n) is 2.94. The van der Waals surface area contributed by atoms with Crippen LogP contribution in [0.3, 0.4) is 0 Å². The molecule has 25 heavy (non-hydrogen) atoms. The van der Waals surface area contributed by atoms with Gasteiger partial charge in [-0.25, -0.2) is 9.69 Å². The van der Waals surface area contributed by atoms with Gasteiger partial charge in [0.15, 0.2) is 0 Å². The molecule has 0 radical (unpaired) electrons. The number of carbonyl (C=O) groups is 2. The number of ether oxygens (including phenoxy) is 1. The van der Waals surface area contributed by atoms with Gasteiger partial charge >= 0.3 is 6.09 Å². The average molecular weight is 358 g/mol. The number of carbonyl (C=O) groups excluding carboxylic acids is 2. The Labute approximate surface area is 152 Å². The van der Waals surface area contributed by atoms with Crippen LogP contribution in [0.25, 0.3) is 0 Å². The predicted octanol–water partition coefficient (Wildman–Crippen LogP) is 4.95. The van der Waals surface area contributed by atoms with Gasteiger partial charge < -0.3 is 4.74 Å². The third-order valence-corrected chi connectivity index (χ3v) is 4.25. The lowest BCUT2D eigenvalue weighted by Gasteiger charge is -2.24. The molecular weight excluding hydrogens is 338 g/mol. The lowest BCUT2D eigenvalue weighted by Crippen LogP contribution is -2.39. The molecule has 2 amide bonds. The predicted molar refractivity (Wildman–Crippen MR) is 98.1 cm³/mol. The van der Waals surface area contributed by atoms with Gasteiger partial charge in [0.05, 0.1) is 11.6 Å². The number of anilines is 1. The Kier molecular flexibility index (Phi) is 4.56. The molecule has 3 rings (SSSR count). The van der Waals surface area contributed by atoms with E-state index in [1.54, 1.807) is 39.0 Å². The number of imide groups is 1. The van der Waals surface area contributed by atoms with Crippen molar-refractivity contribution in [3.63, 3.8) is 0 Å². The maximum atomic E-state index is 13.0. The molecule has 1 heterocycles. The molecule has 0 spiro atoms. The van der Waals surface area contributed by atoms with E-state index in [4.69, 9.17) is 16.3 Å². The van der Waals surface area contributed by atoms with Crippen LogP contribution in [0.1, 0.15) is 37.8 Å². The van der Waals surface area contributed by atoms with E-state index in [1.807, 2.05) is 30.3 Å². The zero-order chi connectivity index (χ0) is 18.2. The number of hydrogen-bond donors (Lipinski definition) is 0. The van der Waals surface area contributed by atoms with Crippen molar-refractivity contribution in [3.05, 3.63) is 64.7 Å². The Morgan fingerprint density at radius 3 is 2.40 bits per heavy atom. The van der Waals surface area contributed by atoms with E-state index in [2.05, 4.69) is 0 Å². The second-order valence-corrected chi connectivity index (χ2v) is 7.53. The molecule has 4 nitrogen and oxygen atoms in total. The normalized spacial score (nSPS) is 16.7. The monoisotopic (exact) mass is 357 g/mol. The highest BCUT2D eigenvalue weighted by molar-refractivity contribution is 6.30. The highest BCUT2D eigenvalue weighted by atomic mass is 35.5. The zero-order valence-corrected chi connectivity index (χ0v) is 15.2. The number of benzene rings is 2. The molecule has 0 saturated heterocycles. The Balaban J connectivity index is 1.92. The van der Waals surface area contributed by atoms with Gasteiger partial charge in [0.1, 0.15) is 5.60 Å². The smallest absolute Gasteiger partial charge is 0.421 e. The molecular formula is C20H20ClNO3. The van der Waals surface area contributed by atoms with Gasteiger partial charge in [-0.2, -0.15) is 0 Å². The van der Waals surface area contributed by atoms with Gasteiger partial charge in [0.25, 0.3) is 0 Å². The molecule has 1 aliphatic rings. The van der Waals surface area contributed by atoms with Crippen molar-refractivity contribution in [2.24, 2.45) is 0 Å². The lowest BCUT2D eigenvalue weighted by atomic mass is 9.93. The van der Waals surface area contributed by atoms with Crippen molar-refractivity contribution >= 4 is 29.3 Å². The summed E-state index contributed by atoms with van der Waals surface area (Å²) in [6.45, 7) is 5.34. The third-order valence-electron chi connectivity index (χ3n) is 4.00. The van der Waals surface area contributed by atoms with Crippen molar-refractivity contribution in [1.82, 2.24) is 0 Å². The maximum absolute atomic E-state index is 13.0. The summed E-state index contributed by atoms with van der Waals surface area (Å²) in [7, 11) is 0. The molecule has 0 saturated carbocycles. The van der Waals surface area contributed by atoms with Gasteiger partial charge in [0, 0.05) is 5.02 Å². The molecule has 0 N–H and O–H groups in total. The summed E-state index contributed by atoms with van der Waals surface area (Å²) in [5.41, 5.74) is 1.76. The van der Waals surface area contributed by atoms with Crippen LogP contribution in [0.4, 0.5) is 10.5 Å². The number of nitrogens with zero attached hydrogens (tertiary/aromatic N) is 1. The minimum atomic E-state index is -0.666. The molecule has 2 aromatic carbocycles. The highest BCUT2D eigenvalue weighted by Gasteiger charge is 2.42. The van der Waals surface area contributed by atoms with Gasteiger partial charge in [0.2, 0.25) is 5.91 Å².